The van der Waals surface area contributed by atoms with Crippen LogP contribution in [0.1, 0.15) is 26.9 Å². The molecule has 30 heavy (non-hydrogen) atoms. The molecule has 3 rings (SSSR count). The summed E-state index contributed by atoms with van der Waals surface area (Å²) in [6.07, 6.45) is -4.44. The number of methoxy groups -OCH3 is 1. The molecule has 160 valence electrons. The van der Waals surface area contributed by atoms with Crippen LogP contribution in [0.3, 0.4) is 0 Å². The molecule has 0 radical (unpaired) electrons. The van der Waals surface area contributed by atoms with E-state index in [0.717, 1.165) is 12.1 Å². The third kappa shape index (κ3) is 4.96. The molecule has 0 saturated carbocycles. The van der Waals surface area contributed by atoms with Crippen molar-refractivity contribution >= 4 is 23.6 Å². The number of carbonyl (C=O) groups is 2. The van der Waals surface area contributed by atoms with E-state index in [1.165, 1.54) is 35.9 Å². The summed E-state index contributed by atoms with van der Waals surface area (Å²) in [5.41, 5.74) is 0.181. The molecule has 9 heteroatoms. The molecule has 1 N–H and O–H groups in total. The van der Waals surface area contributed by atoms with Crippen LogP contribution in [0.5, 0.6) is 0 Å². The molecule has 1 saturated heterocycles. The van der Waals surface area contributed by atoms with Crippen molar-refractivity contribution in [2.45, 2.75) is 17.6 Å². The lowest BCUT2D eigenvalue weighted by Crippen LogP contribution is -2.48. The molecule has 0 aliphatic carbocycles. The number of benzene rings is 2. The number of alkyl halides is 3. The number of rotatable bonds is 6. The van der Waals surface area contributed by atoms with Gasteiger partial charge < -0.3 is 15.0 Å². The van der Waals surface area contributed by atoms with Gasteiger partial charge in [0, 0.05) is 25.0 Å². The number of halogens is 3. The number of nitrogens with one attached hydrogen (secondary N) is 1. The first-order chi connectivity index (χ1) is 14.3. The first kappa shape index (κ1) is 22.2. The van der Waals surface area contributed by atoms with Gasteiger partial charge in [0.2, 0.25) is 5.91 Å². The van der Waals surface area contributed by atoms with Gasteiger partial charge in [-0.2, -0.15) is 13.2 Å². The zero-order chi connectivity index (χ0) is 21.7. The van der Waals surface area contributed by atoms with Crippen molar-refractivity contribution in [3.05, 3.63) is 71.3 Å². The van der Waals surface area contributed by atoms with Gasteiger partial charge >= 0.3 is 6.18 Å². The molecular formula is C21H21F3N2O3S. The smallest absolute Gasteiger partial charge is 0.383 e. The standard InChI is InChI=1S/C21H21F3N2O3S/c1-29-12-11-25-18(27)17-13-30-20(15-7-9-16(10-8-15)21(22,23)24)26(17)19(28)14-5-3-2-4-6-14/h2-10,17,20H,11-13H2,1H3,(H,25,27). The largest absolute Gasteiger partial charge is 0.416 e. The second kappa shape index (κ2) is 9.53. The molecule has 1 heterocycles. The topological polar surface area (TPSA) is 58.6 Å². The molecular weight excluding hydrogens is 417 g/mol. The lowest BCUT2D eigenvalue weighted by atomic mass is 10.1. The van der Waals surface area contributed by atoms with Crippen molar-refractivity contribution in [1.82, 2.24) is 10.2 Å². The van der Waals surface area contributed by atoms with E-state index in [0.29, 0.717) is 30.0 Å². The van der Waals surface area contributed by atoms with Crippen LogP contribution in [-0.4, -0.2) is 48.8 Å². The highest BCUT2D eigenvalue weighted by Gasteiger charge is 2.42. The molecule has 0 aromatic heterocycles. The quantitative estimate of drug-likeness (QED) is 0.699. The average Bonchev–Trinajstić information content (AvgIpc) is 3.18. The fraction of sp³-hybridized carbons (Fsp3) is 0.333. The fourth-order valence-corrected chi connectivity index (χ4v) is 4.60. The van der Waals surface area contributed by atoms with Crippen molar-refractivity contribution in [3.8, 4) is 0 Å². The minimum atomic E-state index is -4.44. The van der Waals surface area contributed by atoms with Crippen LogP contribution in [0.2, 0.25) is 0 Å². The molecule has 2 aromatic rings. The number of carbonyl (C=O) groups excluding carboxylic acids is 2. The minimum absolute atomic E-state index is 0.300. The van der Waals surface area contributed by atoms with Crippen LogP contribution in [0.4, 0.5) is 13.2 Å². The Balaban J connectivity index is 1.89. The SMILES string of the molecule is COCCNC(=O)C1CSC(c2ccc(C(F)(F)F)cc2)N1C(=O)c1ccccc1. The molecule has 2 amide bonds. The van der Waals surface area contributed by atoms with E-state index < -0.39 is 23.2 Å². The lowest BCUT2D eigenvalue weighted by molar-refractivity contribution is -0.137. The van der Waals surface area contributed by atoms with Gasteiger partial charge in [-0.05, 0) is 29.8 Å². The second-order valence-electron chi connectivity index (χ2n) is 6.68. The van der Waals surface area contributed by atoms with E-state index in [9.17, 15) is 22.8 Å². The van der Waals surface area contributed by atoms with Crippen LogP contribution < -0.4 is 5.32 Å². The highest BCUT2D eigenvalue weighted by Crippen LogP contribution is 2.43. The van der Waals surface area contributed by atoms with Gasteiger partial charge in [-0.15, -0.1) is 11.8 Å². The van der Waals surface area contributed by atoms with Crippen molar-refractivity contribution in [1.29, 1.82) is 0 Å². The maximum absolute atomic E-state index is 13.2. The summed E-state index contributed by atoms with van der Waals surface area (Å²) in [4.78, 5) is 27.4. The Hall–Kier alpha value is -2.52. The summed E-state index contributed by atoms with van der Waals surface area (Å²) in [5.74, 6) is -0.334. The average molecular weight is 438 g/mol. The lowest BCUT2D eigenvalue weighted by Gasteiger charge is -2.29. The molecule has 2 unspecified atom stereocenters. The molecule has 0 spiro atoms. The zero-order valence-electron chi connectivity index (χ0n) is 16.2. The minimum Gasteiger partial charge on any atom is -0.383 e. The predicted octanol–water partition coefficient (Wildman–Crippen LogP) is 3.72. The first-order valence-electron chi connectivity index (χ1n) is 9.26. The Kier molecular flexibility index (Phi) is 7.04. The maximum Gasteiger partial charge on any atom is 0.416 e. The van der Waals surface area contributed by atoms with E-state index in [-0.39, 0.29) is 11.8 Å². The van der Waals surface area contributed by atoms with Crippen molar-refractivity contribution in [2.75, 3.05) is 26.0 Å². The van der Waals surface area contributed by atoms with E-state index in [4.69, 9.17) is 4.74 Å². The number of thioether (sulfide) groups is 1. The highest BCUT2D eigenvalue weighted by atomic mass is 32.2. The molecule has 2 atom stereocenters. The number of amides is 2. The van der Waals surface area contributed by atoms with Crippen LogP contribution >= 0.6 is 11.8 Å². The highest BCUT2D eigenvalue weighted by molar-refractivity contribution is 7.99. The molecule has 1 aliphatic rings. The van der Waals surface area contributed by atoms with Gasteiger partial charge in [-0.1, -0.05) is 30.3 Å². The van der Waals surface area contributed by atoms with E-state index in [2.05, 4.69) is 5.32 Å². The van der Waals surface area contributed by atoms with Crippen molar-refractivity contribution in [3.63, 3.8) is 0 Å². The molecule has 2 aromatic carbocycles. The molecule has 1 aliphatic heterocycles. The van der Waals surface area contributed by atoms with Crippen molar-refractivity contribution in [2.24, 2.45) is 0 Å². The Morgan fingerprint density at radius 2 is 1.80 bits per heavy atom. The van der Waals surface area contributed by atoms with Gasteiger partial charge in [-0.3, -0.25) is 9.59 Å². The summed E-state index contributed by atoms with van der Waals surface area (Å²) >= 11 is 1.35. The summed E-state index contributed by atoms with van der Waals surface area (Å²) in [7, 11) is 1.52. The first-order valence-corrected chi connectivity index (χ1v) is 10.3. The normalized spacial score (nSPS) is 19.0. The number of nitrogens with zero attached hydrogens (tertiary/aromatic N) is 1. The number of hydrogen-bond donors (Lipinski definition) is 1. The van der Waals surface area contributed by atoms with E-state index >= 15 is 0 Å². The van der Waals surface area contributed by atoms with Crippen LogP contribution in [0.15, 0.2) is 54.6 Å². The van der Waals surface area contributed by atoms with Gasteiger partial charge in [-0.25, -0.2) is 0 Å². The van der Waals surface area contributed by atoms with Gasteiger partial charge in [0.1, 0.15) is 11.4 Å². The summed E-state index contributed by atoms with van der Waals surface area (Å²) in [6.45, 7) is 0.634. The van der Waals surface area contributed by atoms with Gasteiger partial charge in [0.25, 0.3) is 5.91 Å². The summed E-state index contributed by atoms with van der Waals surface area (Å²) < 4.78 is 43.7. The third-order valence-corrected chi connectivity index (χ3v) is 6.01. The van der Waals surface area contributed by atoms with Gasteiger partial charge in [0.05, 0.1) is 12.2 Å². The van der Waals surface area contributed by atoms with Gasteiger partial charge in [0.15, 0.2) is 0 Å². The maximum atomic E-state index is 13.2. The number of ether oxygens (including phenoxy) is 1. The van der Waals surface area contributed by atoms with E-state index in [1.807, 2.05) is 0 Å². The molecule has 5 nitrogen and oxygen atoms in total. The Morgan fingerprint density at radius 1 is 1.13 bits per heavy atom. The molecule has 1 fully saturated rings. The second-order valence-corrected chi connectivity index (χ2v) is 7.80. The Bertz CT molecular complexity index is 875. The number of hydrogen-bond acceptors (Lipinski definition) is 4. The van der Waals surface area contributed by atoms with Crippen LogP contribution in [-0.2, 0) is 15.7 Å². The fourth-order valence-electron chi connectivity index (χ4n) is 3.17. The summed E-state index contributed by atoms with van der Waals surface area (Å²) in [6, 6.07) is 12.5. The van der Waals surface area contributed by atoms with Crippen LogP contribution in [0, 0.1) is 0 Å². The third-order valence-electron chi connectivity index (χ3n) is 4.69. The predicted molar refractivity (Wildman–Crippen MR) is 108 cm³/mol. The Labute approximate surface area is 176 Å². The zero-order valence-corrected chi connectivity index (χ0v) is 17.0. The Morgan fingerprint density at radius 3 is 2.40 bits per heavy atom. The van der Waals surface area contributed by atoms with Crippen LogP contribution in [0.25, 0.3) is 0 Å². The van der Waals surface area contributed by atoms with Crippen molar-refractivity contribution < 1.29 is 27.5 Å². The van der Waals surface area contributed by atoms with E-state index in [1.54, 1.807) is 30.3 Å². The molecule has 0 bridgehead atoms. The summed E-state index contributed by atoms with van der Waals surface area (Å²) in [5, 5.41) is 2.17. The monoisotopic (exact) mass is 438 g/mol.